The Kier molecular flexibility index (Phi) is 9.02. The van der Waals surface area contributed by atoms with Crippen LogP contribution in [0.3, 0.4) is 0 Å². The molecule has 0 bridgehead atoms. The van der Waals surface area contributed by atoms with Crippen LogP contribution in [-0.4, -0.2) is 23.1 Å². The molecule has 0 rings (SSSR count). The van der Waals surface area contributed by atoms with E-state index in [0.29, 0.717) is 0 Å². The van der Waals surface area contributed by atoms with Gasteiger partial charge in [0.05, 0.1) is 0 Å². The minimum atomic E-state index is -4.11. The molecule has 0 heterocycles. The molecule has 0 aromatic carbocycles. The van der Waals surface area contributed by atoms with Crippen molar-refractivity contribution in [3.8, 4) is 0 Å². The molecule has 0 unspecified atom stereocenters. The molecule has 0 aliphatic rings. The van der Waals surface area contributed by atoms with Gasteiger partial charge in [-0.15, -0.1) is 0 Å². The summed E-state index contributed by atoms with van der Waals surface area (Å²) in [5.41, 5.74) is 0. The first-order valence-electron chi connectivity index (χ1n) is 0.500. The zero-order chi connectivity index (χ0) is 3.58. The molecule has 0 saturated heterocycles. The quantitative estimate of drug-likeness (QED) is 0.460. The van der Waals surface area contributed by atoms with Gasteiger partial charge in [-0.2, -0.15) is 0 Å². The predicted molar refractivity (Wildman–Crippen MR) is 10.0 cm³/mol. The van der Waals surface area contributed by atoms with Crippen LogP contribution in [0.1, 0.15) is 2.85 Å². The molecule has 0 aliphatic heterocycles. The van der Waals surface area contributed by atoms with E-state index in [0.717, 1.165) is 0 Å². The average Bonchev–Trinajstić information content (AvgIpc) is 0.811. The Morgan fingerprint density at radius 2 is 1.20 bits per heavy atom. The van der Waals surface area contributed by atoms with Gasteiger partial charge in [0.25, 0.3) is 0 Å². The van der Waals surface area contributed by atoms with Crippen LogP contribution < -0.4 is 0 Å². The first-order chi connectivity index (χ1) is 1.73. The van der Waals surface area contributed by atoms with E-state index in [2.05, 4.69) is 0 Å². The third-order valence-electron chi connectivity index (χ3n) is 0. The summed E-state index contributed by atoms with van der Waals surface area (Å²) in [4.78, 5) is 0. The maximum atomic E-state index is 8.59. The van der Waals surface area contributed by atoms with Gasteiger partial charge in [-0.1, -0.05) is 0 Å². The van der Waals surface area contributed by atoms with Gasteiger partial charge in [0, 0.05) is 0 Å². The SMILES string of the molecule is [H-].[H-].[Mg+2].[O]=[Mo](=[O])=[O]. The summed E-state index contributed by atoms with van der Waals surface area (Å²) < 4.78 is 25.8. The van der Waals surface area contributed by atoms with Gasteiger partial charge in [-0.05, 0) is 0 Å². The Hall–Kier alpha value is 0.855. The Morgan fingerprint density at radius 1 is 1.20 bits per heavy atom. The van der Waals surface area contributed by atoms with E-state index in [1.165, 1.54) is 0 Å². The zero-order valence-electron chi connectivity index (χ0n) is 4.34. The van der Waals surface area contributed by atoms with Gasteiger partial charge >= 0.3 is 50.4 Å². The van der Waals surface area contributed by atoms with Gasteiger partial charge < -0.3 is 2.85 Å². The van der Waals surface area contributed by atoms with Crippen LogP contribution in [0, 0.1) is 0 Å². The molecular formula is H2MgMoO3. The fourth-order valence-electron chi connectivity index (χ4n) is 0. The third kappa shape index (κ3) is 54.2. The van der Waals surface area contributed by atoms with Crippen LogP contribution in [0.15, 0.2) is 0 Å². The van der Waals surface area contributed by atoms with Crippen molar-refractivity contribution in [2.24, 2.45) is 0 Å². The number of hydrogen-bond acceptors (Lipinski definition) is 3. The summed E-state index contributed by atoms with van der Waals surface area (Å²) in [5.74, 6) is 0. The fraction of sp³-hybridized carbons (Fsp3) is 0. The zero-order valence-corrected chi connectivity index (χ0v) is 5.76. The standard InChI is InChI=1S/Mg.Mo.3O.2H/q+2;;;;;2*-1. The van der Waals surface area contributed by atoms with E-state index < -0.39 is 17.2 Å². The average molecular weight is 170 g/mol. The first kappa shape index (κ1) is 9.29. The second kappa shape index (κ2) is 4.85. The fourth-order valence-corrected chi connectivity index (χ4v) is 0. The van der Waals surface area contributed by atoms with Crippen molar-refractivity contribution in [3.05, 3.63) is 0 Å². The number of rotatable bonds is 0. The first-order valence-corrected chi connectivity index (χ1v) is 2.96. The molecule has 0 aliphatic carbocycles. The third-order valence-corrected chi connectivity index (χ3v) is 0. The van der Waals surface area contributed by atoms with Crippen molar-refractivity contribution in [2.45, 2.75) is 0 Å². The molecule has 0 atom stereocenters. The molecule has 0 N–H and O–H groups in total. The van der Waals surface area contributed by atoms with Crippen LogP contribution >= 0.6 is 0 Å². The molecule has 0 aromatic heterocycles. The van der Waals surface area contributed by atoms with Gasteiger partial charge in [-0.3, -0.25) is 0 Å². The van der Waals surface area contributed by atoms with Crippen molar-refractivity contribution >= 4 is 23.1 Å². The summed E-state index contributed by atoms with van der Waals surface area (Å²) in [7, 11) is 0. The van der Waals surface area contributed by atoms with Crippen LogP contribution in [-0.2, 0) is 27.4 Å². The van der Waals surface area contributed by atoms with E-state index >= 15 is 0 Å². The van der Waals surface area contributed by atoms with Crippen molar-refractivity contribution in [1.82, 2.24) is 0 Å². The van der Waals surface area contributed by atoms with Crippen molar-refractivity contribution in [2.75, 3.05) is 0 Å². The normalized spacial score (nSPS) is 4.80. The molecule has 0 amide bonds. The summed E-state index contributed by atoms with van der Waals surface area (Å²) in [6.07, 6.45) is 0. The van der Waals surface area contributed by atoms with Crippen molar-refractivity contribution < 1.29 is 30.2 Å². The van der Waals surface area contributed by atoms with Crippen LogP contribution in [0.5, 0.6) is 0 Å². The van der Waals surface area contributed by atoms with E-state index in [1.807, 2.05) is 0 Å². The summed E-state index contributed by atoms with van der Waals surface area (Å²) in [6, 6.07) is 0. The maximum absolute atomic E-state index is 8.59. The molecular weight excluding hydrogens is 168 g/mol. The molecule has 0 fully saturated rings. The van der Waals surface area contributed by atoms with E-state index in [4.69, 9.17) is 10.2 Å². The summed E-state index contributed by atoms with van der Waals surface area (Å²) in [6.45, 7) is 0. The van der Waals surface area contributed by atoms with Gasteiger partial charge in [-0.25, -0.2) is 0 Å². The minimum absolute atomic E-state index is 0. The molecule has 0 spiro atoms. The molecule has 0 saturated carbocycles. The summed E-state index contributed by atoms with van der Waals surface area (Å²) >= 11 is -4.11. The van der Waals surface area contributed by atoms with Crippen molar-refractivity contribution in [3.63, 3.8) is 0 Å². The van der Waals surface area contributed by atoms with Gasteiger partial charge in [0.1, 0.15) is 0 Å². The molecule has 5 heavy (non-hydrogen) atoms. The van der Waals surface area contributed by atoms with Gasteiger partial charge in [0.15, 0.2) is 0 Å². The second-order valence-electron chi connectivity index (χ2n) is 0.204. The van der Waals surface area contributed by atoms with E-state index in [-0.39, 0.29) is 25.9 Å². The Morgan fingerprint density at radius 3 is 1.20 bits per heavy atom. The molecule has 3 nitrogen and oxygen atoms in total. The monoisotopic (exact) mass is 172 g/mol. The van der Waals surface area contributed by atoms with Gasteiger partial charge in [0.2, 0.25) is 0 Å². The molecule has 0 radical (unpaired) electrons. The Labute approximate surface area is 53.3 Å². The van der Waals surface area contributed by atoms with E-state index in [1.54, 1.807) is 0 Å². The Bertz CT molecular complexity index is 82.3. The molecule has 5 heteroatoms. The Balaban J connectivity index is -0.0000000150. The van der Waals surface area contributed by atoms with Crippen LogP contribution in [0.25, 0.3) is 0 Å². The second-order valence-corrected chi connectivity index (χ2v) is 1.21. The van der Waals surface area contributed by atoms with E-state index in [9.17, 15) is 0 Å². The van der Waals surface area contributed by atoms with Crippen molar-refractivity contribution in [1.29, 1.82) is 0 Å². The van der Waals surface area contributed by atoms with Crippen LogP contribution in [0.2, 0.25) is 0 Å². The predicted octanol–water partition coefficient (Wildman–Crippen LogP) is -0.515. The number of hydrogen-bond donors (Lipinski definition) is 0. The summed E-state index contributed by atoms with van der Waals surface area (Å²) in [5, 5.41) is 0. The molecule has 28 valence electrons. The molecule has 0 aromatic rings. The van der Waals surface area contributed by atoms with Crippen LogP contribution in [0.4, 0.5) is 0 Å². The topological polar surface area (TPSA) is 51.2 Å².